The summed E-state index contributed by atoms with van der Waals surface area (Å²) < 4.78 is 3.66. The third-order valence-corrected chi connectivity index (χ3v) is 5.72. The van der Waals surface area contributed by atoms with E-state index < -0.39 is 11.2 Å². The number of pyridine rings is 1. The zero-order valence-corrected chi connectivity index (χ0v) is 18.9. The van der Waals surface area contributed by atoms with Gasteiger partial charge in [-0.1, -0.05) is 12.1 Å². The summed E-state index contributed by atoms with van der Waals surface area (Å²) in [5.41, 5.74) is 1.81. The van der Waals surface area contributed by atoms with Crippen LogP contribution in [0.15, 0.2) is 76.6 Å². The molecular weight excluding hydrogens is 507 g/mol. The average molecular weight is 526 g/mol. The van der Waals surface area contributed by atoms with Crippen molar-refractivity contribution in [3.8, 4) is 0 Å². The highest BCUT2D eigenvalue weighted by molar-refractivity contribution is 14.1. The molecule has 0 radical (unpaired) electrons. The minimum Gasteiger partial charge on any atom is -0.348 e. The van der Waals surface area contributed by atoms with Crippen LogP contribution in [0.3, 0.4) is 0 Å². The fraction of sp³-hybridized carbons (Fsp3) is 0.130. The van der Waals surface area contributed by atoms with Crippen molar-refractivity contribution < 1.29 is 4.79 Å². The lowest BCUT2D eigenvalue weighted by Crippen LogP contribution is -2.39. The van der Waals surface area contributed by atoms with Gasteiger partial charge in [0.2, 0.25) is 0 Å². The normalized spacial score (nSPS) is 10.9. The van der Waals surface area contributed by atoms with Gasteiger partial charge in [0.05, 0.1) is 17.4 Å². The highest BCUT2D eigenvalue weighted by Gasteiger charge is 2.14. The number of halogens is 1. The highest BCUT2D eigenvalue weighted by atomic mass is 127. The standard InChI is InChI=1S/C23H19IN4O3/c1-27-20-6-5-17(21(29)26-13-15-7-9-25-10-8-15)12-19(20)22(30)28(23(27)31)14-16-3-2-4-18(24)11-16/h2-12H,13-14H2,1H3,(H,26,29). The van der Waals surface area contributed by atoms with E-state index in [9.17, 15) is 14.4 Å². The van der Waals surface area contributed by atoms with Gasteiger partial charge in [-0.3, -0.25) is 23.7 Å². The lowest BCUT2D eigenvalue weighted by Gasteiger charge is -2.12. The minimum atomic E-state index is -0.416. The zero-order valence-electron chi connectivity index (χ0n) is 16.7. The molecule has 156 valence electrons. The number of carbonyl (C=O) groups is 1. The first-order valence-electron chi connectivity index (χ1n) is 9.59. The molecule has 4 aromatic rings. The number of hydrogen-bond acceptors (Lipinski definition) is 4. The van der Waals surface area contributed by atoms with Gasteiger partial charge in [-0.15, -0.1) is 0 Å². The summed E-state index contributed by atoms with van der Waals surface area (Å²) in [5.74, 6) is -0.295. The molecule has 0 aliphatic rings. The second-order valence-electron chi connectivity index (χ2n) is 7.13. The van der Waals surface area contributed by atoms with Crippen molar-refractivity contribution in [1.82, 2.24) is 19.4 Å². The summed E-state index contributed by atoms with van der Waals surface area (Å²) in [4.78, 5) is 42.6. The monoisotopic (exact) mass is 526 g/mol. The number of amides is 1. The van der Waals surface area contributed by atoms with E-state index in [1.807, 2.05) is 36.4 Å². The van der Waals surface area contributed by atoms with Crippen molar-refractivity contribution >= 4 is 39.4 Å². The Bertz CT molecular complexity index is 1390. The molecule has 2 aromatic carbocycles. The Kier molecular flexibility index (Phi) is 5.99. The Labute approximate surface area is 191 Å². The SMILES string of the molecule is Cn1c(=O)n(Cc2cccc(I)c2)c(=O)c2cc(C(=O)NCc3ccncc3)ccc21. The molecule has 2 heterocycles. The quantitative estimate of drug-likeness (QED) is 0.406. The number of benzene rings is 2. The van der Waals surface area contributed by atoms with E-state index >= 15 is 0 Å². The van der Waals surface area contributed by atoms with Crippen LogP contribution in [0.1, 0.15) is 21.5 Å². The van der Waals surface area contributed by atoms with Crippen LogP contribution in [-0.4, -0.2) is 20.0 Å². The third kappa shape index (κ3) is 4.43. The largest absolute Gasteiger partial charge is 0.348 e. The van der Waals surface area contributed by atoms with Gasteiger partial charge in [0.1, 0.15) is 0 Å². The first-order valence-corrected chi connectivity index (χ1v) is 10.7. The Morgan fingerprint density at radius 2 is 1.81 bits per heavy atom. The summed E-state index contributed by atoms with van der Waals surface area (Å²) in [7, 11) is 1.62. The van der Waals surface area contributed by atoms with Gasteiger partial charge in [0, 0.05) is 35.1 Å². The Morgan fingerprint density at radius 3 is 2.55 bits per heavy atom. The van der Waals surface area contributed by atoms with Gasteiger partial charge < -0.3 is 5.32 Å². The first kappa shape index (κ1) is 21.0. The van der Waals surface area contributed by atoms with E-state index in [-0.39, 0.29) is 12.5 Å². The van der Waals surface area contributed by atoms with Crippen LogP contribution in [0.25, 0.3) is 10.9 Å². The lowest BCUT2D eigenvalue weighted by atomic mass is 10.1. The first-order chi connectivity index (χ1) is 14.9. The van der Waals surface area contributed by atoms with Crippen LogP contribution in [0, 0.1) is 3.57 Å². The molecule has 1 amide bonds. The molecule has 4 rings (SSSR count). The Balaban J connectivity index is 1.70. The summed E-state index contributed by atoms with van der Waals surface area (Å²) >= 11 is 2.19. The fourth-order valence-corrected chi connectivity index (χ4v) is 4.01. The summed E-state index contributed by atoms with van der Waals surface area (Å²) in [5, 5.41) is 3.16. The molecule has 0 aliphatic carbocycles. The van der Waals surface area contributed by atoms with E-state index in [0.717, 1.165) is 14.7 Å². The number of carbonyl (C=O) groups excluding carboxylic acids is 1. The fourth-order valence-electron chi connectivity index (χ4n) is 3.40. The zero-order chi connectivity index (χ0) is 22.0. The maximum absolute atomic E-state index is 13.2. The van der Waals surface area contributed by atoms with E-state index in [0.29, 0.717) is 23.0 Å². The van der Waals surface area contributed by atoms with E-state index in [2.05, 4.69) is 32.9 Å². The number of aryl methyl sites for hydroxylation is 1. The molecule has 0 bridgehead atoms. The Hall–Kier alpha value is -3.27. The second kappa shape index (κ2) is 8.84. The predicted molar refractivity (Wildman–Crippen MR) is 127 cm³/mol. The van der Waals surface area contributed by atoms with Crippen LogP contribution in [0.2, 0.25) is 0 Å². The molecule has 0 unspecified atom stereocenters. The molecule has 0 fully saturated rings. The maximum atomic E-state index is 13.2. The van der Waals surface area contributed by atoms with Crippen LogP contribution >= 0.6 is 22.6 Å². The van der Waals surface area contributed by atoms with Crippen molar-refractivity contribution in [2.75, 3.05) is 0 Å². The highest BCUT2D eigenvalue weighted by Crippen LogP contribution is 2.13. The number of fused-ring (bicyclic) bond motifs is 1. The number of rotatable bonds is 5. The van der Waals surface area contributed by atoms with Crippen molar-refractivity contribution in [3.05, 3.63) is 108 Å². The molecule has 0 atom stereocenters. The smallest absolute Gasteiger partial charge is 0.331 e. The summed E-state index contributed by atoms with van der Waals surface area (Å²) in [6, 6.07) is 16.1. The van der Waals surface area contributed by atoms with Crippen LogP contribution in [-0.2, 0) is 20.1 Å². The molecule has 0 aliphatic heterocycles. The van der Waals surface area contributed by atoms with Gasteiger partial charge in [0.15, 0.2) is 0 Å². The Morgan fingerprint density at radius 1 is 1.03 bits per heavy atom. The molecule has 1 N–H and O–H groups in total. The minimum absolute atomic E-state index is 0.163. The van der Waals surface area contributed by atoms with Gasteiger partial charge >= 0.3 is 5.69 Å². The molecule has 7 nitrogen and oxygen atoms in total. The molecule has 0 spiro atoms. The summed E-state index contributed by atoms with van der Waals surface area (Å²) in [6.07, 6.45) is 3.32. The van der Waals surface area contributed by atoms with E-state index in [1.54, 1.807) is 37.6 Å². The molecule has 0 saturated carbocycles. The second-order valence-corrected chi connectivity index (χ2v) is 8.38. The van der Waals surface area contributed by atoms with Gasteiger partial charge in [-0.2, -0.15) is 0 Å². The van der Waals surface area contributed by atoms with Crippen molar-refractivity contribution in [2.24, 2.45) is 7.05 Å². The average Bonchev–Trinajstić information content (AvgIpc) is 2.79. The van der Waals surface area contributed by atoms with Crippen LogP contribution in [0.4, 0.5) is 0 Å². The third-order valence-electron chi connectivity index (χ3n) is 5.05. The van der Waals surface area contributed by atoms with Gasteiger partial charge in [-0.25, -0.2) is 4.79 Å². The number of hydrogen-bond donors (Lipinski definition) is 1. The van der Waals surface area contributed by atoms with Crippen LogP contribution < -0.4 is 16.6 Å². The molecule has 8 heteroatoms. The van der Waals surface area contributed by atoms with Gasteiger partial charge in [0.25, 0.3) is 11.5 Å². The molecule has 2 aromatic heterocycles. The van der Waals surface area contributed by atoms with E-state index in [4.69, 9.17) is 0 Å². The molecule has 31 heavy (non-hydrogen) atoms. The molecular formula is C23H19IN4O3. The topological polar surface area (TPSA) is 86.0 Å². The maximum Gasteiger partial charge on any atom is 0.331 e. The lowest BCUT2D eigenvalue weighted by molar-refractivity contribution is 0.0951. The summed E-state index contributed by atoms with van der Waals surface area (Å²) in [6.45, 7) is 0.514. The van der Waals surface area contributed by atoms with Crippen molar-refractivity contribution in [2.45, 2.75) is 13.1 Å². The molecule has 0 saturated heterocycles. The number of nitrogens with one attached hydrogen (secondary N) is 1. The number of aromatic nitrogens is 3. The van der Waals surface area contributed by atoms with Crippen molar-refractivity contribution in [1.29, 1.82) is 0 Å². The predicted octanol–water partition coefficient (Wildman–Crippen LogP) is 2.68. The van der Waals surface area contributed by atoms with Gasteiger partial charge in [-0.05, 0) is 76.2 Å². The van der Waals surface area contributed by atoms with Crippen LogP contribution in [0.5, 0.6) is 0 Å². The van der Waals surface area contributed by atoms with Crippen molar-refractivity contribution in [3.63, 3.8) is 0 Å². The number of nitrogens with zero attached hydrogens (tertiary/aromatic N) is 3. The van der Waals surface area contributed by atoms with E-state index in [1.165, 1.54) is 9.13 Å².